The summed E-state index contributed by atoms with van der Waals surface area (Å²) in [4.78, 5) is 122. The summed E-state index contributed by atoms with van der Waals surface area (Å²) in [5.41, 5.74) is 13.7. The van der Waals surface area contributed by atoms with Crippen LogP contribution in [0.1, 0.15) is 246 Å². The van der Waals surface area contributed by atoms with E-state index < -0.39 is 28.5 Å². The number of amides is 5. The van der Waals surface area contributed by atoms with Gasteiger partial charge < -0.3 is 74.1 Å². The molecule has 6 aliphatic carbocycles. The van der Waals surface area contributed by atoms with Crippen LogP contribution in [0.5, 0.6) is 0 Å². The highest BCUT2D eigenvalue weighted by Gasteiger charge is 2.53. The van der Waals surface area contributed by atoms with Gasteiger partial charge in [0.15, 0.2) is 5.69 Å². The van der Waals surface area contributed by atoms with Crippen molar-refractivity contribution in [2.45, 2.75) is 236 Å². The molecule has 0 bridgehead atoms. The minimum absolute atomic E-state index is 0.0146. The zero-order chi connectivity index (χ0) is 88.8. The maximum Gasteiger partial charge on any atom is 0.410 e. The summed E-state index contributed by atoms with van der Waals surface area (Å²) in [5.74, 6) is -1.12. The summed E-state index contributed by atoms with van der Waals surface area (Å²) in [6.45, 7) is 25.7. The second-order valence-electron chi connectivity index (χ2n) is 35.2. The smallest absolute Gasteiger partial charge is 0.410 e. The second kappa shape index (κ2) is 39.1. The number of ether oxygens (including phenoxy) is 7. The van der Waals surface area contributed by atoms with Crippen molar-refractivity contribution in [2.24, 2.45) is 5.73 Å². The summed E-state index contributed by atoms with van der Waals surface area (Å²) >= 11 is 6.80. The molecule has 0 atom stereocenters. The van der Waals surface area contributed by atoms with E-state index in [2.05, 4.69) is 106 Å². The Morgan fingerprint density at radius 1 is 0.450 bits per heavy atom. The van der Waals surface area contributed by atoms with Crippen LogP contribution in [0.3, 0.4) is 0 Å². The molecule has 6 saturated carbocycles. The Balaban J connectivity index is 0.000000182. The summed E-state index contributed by atoms with van der Waals surface area (Å²) < 4.78 is 39.7. The molecular weight excluding hydrogens is 1660 g/mol. The predicted molar refractivity (Wildman–Crippen MR) is 460 cm³/mol. The van der Waals surface area contributed by atoms with Crippen molar-refractivity contribution in [3.8, 4) is 0 Å². The third-order valence-corrected chi connectivity index (χ3v) is 22.5. The van der Waals surface area contributed by atoms with E-state index in [0.29, 0.717) is 42.0 Å². The lowest BCUT2D eigenvalue weighted by atomic mass is 10.0. The molecule has 2 heterocycles. The zero-order valence-electron chi connectivity index (χ0n) is 72.5. The molecule has 646 valence electrons. The number of hydrogen-bond acceptors (Lipinski definition) is 20. The van der Waals surface area contributed by atoms with Gasteiger partial charge in [0.25, 0.3) is 5.91 Å². The number of carbonyl (C=O) groups excluding carboxylic acids is 10. The summed E-state index contributed by atoms with van der Waals surface area (Å²) in [6.07, 6.45) is 12.4. The van der Waals surface area contributed by atoms with Crippen LogP contribution in [0.15, 0.2) is 161 Å². The molecule has 5 amide bonds. The number of nitrogens with two attached hydrogens (primary N) is 1. The van der Waals surface area contributed by atoms with Gasteiger partial charge >= 0.3 is 48.4 Å². The third kappa shape index (κ3) is 26.1. The number of benzene rings is 6. The predicted octanol–water partition coefficient (Wildman–Crippen LogP) is 17.5. The first-order valence-corrected chi connectivity index (χ1v) is 41.7. The fourth-order valence-corrected chi connectivity index (χ4v) is 14.2. The molecule has 0 unspecified atom stereocenters. The molecule has 6 aromatic carbocycles. The highest BCUT2D eigenvalue weighted by Crippen LogP contribution is 2.53. The highest BCUT2D eigenvalue weighted by atomic mass is 79.9. The molecule has 120 heavy (non-hydrogen) atoms. The number of carbonyl (C=O) groups is 8. The van der Waals surface area contributed by atoms with Crippen LogP contribution in [0.25, 0.3) is 0 Å². The minimum atomic E-state index is -0.556. The van der Waals surface area contributed by atoms with Crippen LogP contribution < -0.4 is 21.7 Å². The fourth-order valence-electron chi connectivity index (χ4n) is 13.6. The van der Waals surface area contributed by atoms with Gasteiger partial charge in [-0.05, 0) is 268 Å². The Morgan fingerprint density at radius 3 is 1.12 bits per heavy atom. The maximum absolute atomic E-state index is 13.4. The zero-order valence-corrected chi connectivity index (χ0v) is 75.7. The van der Waals surface area contributed by atoms with Crippen molar-refractivity contribution in [3.05, 3.63) is 228 Å². The second-order valence-corrected chi connectivity index (χ2v) is 37.0. The number of imidazole rings is 1. The van der Waals surface area contributed by atoms with Crippen molar-refractivity contribution in [2.75, 3.05) is 49.0 Å². The average Bonchev–Trinajstić information content (AvgIpc) is 1.60. The highest BCUT2D eigenvalue weighted by molar-refractivity contribution is 9.10. The standard InChI is InChI=1S/C23H30N4O3.C17H23NO4.C16H21NO4.C14H18BrNO2.C12H15NO2.C9H10BrN.CO2/c1-16-6-8-17(9-7-16)23(10-11-23)25(5)20(28)19-18-14-26(12-13-27(18)15-24-19)21(29)30-22(2,3)4;1-16(2,3)22-15(20)18(4)17(10-11-17)13-8-6-12(7-9-13)14(19)21-5;1-15(2,3)21-14(19)17-16(9-10-16)12-7-5-11(6-8-12)13(18)20-4;1-13(2,3)18-12(17)16-14(8-9-14)10-4-6-11(15)7-5-10;1-13-12(7-8-12)10-5-3-9(4-6-10)11(14)15-2;10-8-3-1-7(2-4-8)9(11)5-6-9;2-1-3/h6-9,15H,10-14H2,1-5H3;6-9H,10-11H2,1-5H3;5-8H,9-10H2,1-4H3,(H,17,19);4-7H,8-9H2,1-3H3,(H,16,17);3-6,13H,7-8H2,1-2H3;1-4H,5-6,11H2;. The fraction of sp³-hybridized carbons (Fsp3) is 0.478. The summed E-state index contributed by atoms with van der Waals surface area (Å²) in [7, 11) is 9.69. The van der Waals surface area contributed by atoms with Gasteiger partial charge in [0.05, 0.1) is 78.7 Å². The number of halogens is 2. The van der Waals surface area contributed by atoms with Crippen LogP contribution in [0, 0.1) is 6.92 Å². The van der Waals surface area contributed by atoms with Gasteiger partial charge in [0.1, 0.15) is 22.4 Å². The lowest BCUT2D eigenvalue weighted by Gasteiger charge is -2.32. The minimum Gasteiger partial charge on any atom is -0.465 e. The van der Waals surface area contributed by atoms with E-state index in [-0.39, 0.29) is 81.5 Å². The molecule has 1 aliphatic heterocycles. The van der Waals surface area contributed by atoms with Crippen LogP contribution in [-0.4, -0.2) is 150 Å². The molecule has 0 saturated heterocycles. The van der Waals surface area contributed by atoms with Gasteiger partial charge in [-0.15, -0.1) is 0 Å². The molecule has 7 aromatic rings. The number of aromatic nitrogens is 2. The van der Waals surface area contributed by atoms with Crippen LogP contribution in [0.2, 0.25) is 0 Å². The third-order valence-electron chi connectivity index (χ3n) is 21.4. The Kier molecular flexibility index (Phi) is 31.0. The number of rotatable bonds is 15. The van der Waals surface area contributed by atoms with E-state index >= 15 is 0 Å². The normalized spacial score (nSPS) is 16.6. The lowest BCUT2D eigenvalue weighted by molar-refractivity contribution is -0.191. The Bertz CT molecular complexity index is 4750. The summed E-state index contributed by atoms with van der Waals surface area (Å²) in [6, 6.07) is 46.7. The first kappa shape index (κ1) is 95.2. The number of aryl methyl sites for hydroxylation is 1. The van der Waals surface area contributed by atoms with Gasteiger partial charge in [0, 0.05) is 47.2 Å². The average molecular weight is 1780 g/mol. The molecule has 1 aromatic heterocycles. The van der Waals surface area contributed by atoms with E-state index in [0.717, 1.165) is 101 Å². The van der Waals surface area contributed by atoms with E-state index in [1.165, 1.54) is 50.9 Å². The Labute approximate surface area is 721 Å². The number of methoxy groups -OCH3 is 3. The van der Waals surface area contributed by atoms with Crippen molar-refractivity contribution >= 4 is 86.2 Å². The largest absolute Gasteiger partial charge is 0.465 e. The number of alkyl carbamates (subject to hydrolysis) is 2. The lowest BCUT2D eigenvalue weighted by Crippen LogP contribution is -2.42. The van der Waals surface area contributed by atoms with Crippen molar-refractivity contribution in [1.82, 2.24) is 40.2 Å². The molecule has 0 spiro atoms. The molecule has 6 fully saturated rings. The first-order valence-electron chi connectivity index (χ1n) is 40.1. The van der Waals surface area contributed by atoms with Crippen molar-refractivity contribution in [3.63, 3.8) is 0 Å². The topological polar surface area (TPSA) is 325 Å². The van der Waals surface area contributed by atoms with E-state index in [1.807, 2.05) is 192 Å². The number of fused-ring (bicyclic) bond motifs is 1. The van der Waals surface area contributed by atoms with Crippen molar-refractivity contribution < 1.29 is 81.1 Å². The van der Waals surface area contributed by atoms with E-state index in [1.54, 1.807) is 47.4 Å². The van der Waals surface area contributed by atoms with Gasteiger partial charge in [-0.25, -0.2) is 38.5 Å². The molecular formula is C92H117Br2N9O17. The number of hydrogen-bond donors (Lipinski definition) is 4. The number of nitrogens with zero attached hydrogens (tertiary/aromatic N) is 5. The molecule has 14 rings (SSSR count). The quantitative estimate of drug-likeness (QED) is 0.0547. The number of nitrogens with one attached hydrogen (secondary N) is 3. The molecule has 28 heteroatoms. The van der Waals surface area contributed by atoms with Crippen LogP contribution >= 0.6 is 31.9 Å². The molecule has 7 aliphatic rings. The van der Waals surface area contributed by atoms with Gasteiger partial charge in [-0.3, -0.25) is 4.79 Å². The molecule has 5 N–H and O–H groups in total. The van der Waals surface area contributed by atoms with Crippen molar-refractivity contribution in [1.29, 1.82) is 0 Å². The Hall–Kier alpha value is -10.3. The first-order chi connectivity index (χ1) is 56.2. The van der Waals surface area contributed by atoms with E-state index in [4.69, 9.17) is 39.0 Å². The van der Waals surface area contributed by atoms with Gasteiger partial charge in [0.2, 0.25) is 0 Å². The van der Waals surface area contributed by atoms with Crippen LogP contribution in [0.4, 0.5) is 19.2 Å². The molecule has 26 nitrogen and oxygen atoms in total. The Morgan fingerprint density at radius 2 is 0.783 bits per heavy atom. The monoisotopic (exact) mass is 1780 g/mol. The van der Waals surface area contributed by atoms with E-state index in [9.17, 15) is 38.4 Å². The SMILES string of the molecule is CC(C)(C)OC(=O)NC1(c2ccc(Br)cc2)CC1.CNC1(c2ccc(C(=O)OC)cc2)CC1.COC(=O)c1ccc(C2(N(C)C(=O)OC(C)(C)C)CC2)cc1.COC(=O)c1ccc(C2(NC(=O)OC(C)(C)C)CC2)cc1.Cc1ccc(C2(N(C)C(=O)c3ncn4c3CN(C(=O)OC(C)(C)C)CC4)CC2)cc1.NC1(c2ccc(Br)cc2)CC1.O=C=O. The summed E-state index contributed by atoms with van der Waals surface area (Å²) in [5, 5.41) is 9.22. The van der Waals surface area contributed by atoms with Gasteiger partial charge in [-0.2, -0.15) is 9.59 Å². The molecule has 0 radical (unpaired) electrons. The van der Waals surface area contributed by atoms with Crippen LogP contribution in [-0.2, 0) is 89.1 Å². The number of esters is 3. The van der Waals surface area contributed by atoms with Gasteiger partial charge in [-0.1, -0.05) is 122 Å². The maximum atomic E-state index is 13.4.